The van der Waals surface area contributed by atoms with Crippen molar-refractivity contribution in [2.75, 3.05) is 21.7 Å². The Kier molecular flexibility index (Phi) is 7.30. The number of nitrogens with one attached hydrogen (secondary N) is 3. The van der Waals surface area contributed by atoms with Crippen LogP contribution in [0.5, 0.6) is 0 Å². The molecule has 3 N–H and O–H groups in total. The molecule has 34 heavy (non-hydrogen) atoms. The fourth-order valence-electron chi connectivity index (χ4n) is 2.76. The largest absolute Gasteiger partial charge is 0.355 e. The molecule has 0 radical (unpaired) electrons. The number of aromatic nitrogens is 3. The lowest BCUT2D eigenvalue weighted by molar-refractivity contribution is -0.114. The molecule has 0 saturated carbocycles. The Labute approximate surface area is 202 Å². The molecule has 2 aromatic carbocycles. The molecule has 0 spiro atoms. The number of thioether (sulfide) groups is 1. The van der Waals surface area contributed by atoms with Crippen molar-refractivity contribution in [3.63, 3.8) is 0 Å². The predicted octanol–water partition coefficient (Wildman–Crippen LogP) is 4.13. The normalized spacial score (nSPS) is 10.5. The van der Waals surface area contributed by atoms with Gasteiger partial charge < -0.3 is 15.2 Å². The van der Waals surface area contributed by atoms with Crippen LogP contribution in [0.25, 0.3) is 11.3 Å². The molecule has 10 nitrogen and oxygen atoms in total. The van der Waals surface area contributed by atoms with Gasteiger partial charge in [-0.15, -0.1) is 10.2 Å². The van der Waals surface area contributed by atoms with Crippen LogP contribution in [0.1, 0.15) is 17.4 Å². The number of benzene rings is 2. The molecular formula is C22H18N6O4S2. The van der Waals surface area contributed by atoms with E-state index in [1.54, 1.807) is 30.3 Å². The summed E-state index contributed by atoms with van der Waals surface area (Å²) in [5.41, 5.74) is 2.18. The van der Waals surface area contributed by atoms with Crippen LogP contribution in [0.4, 0.5) is 16.5 Å². The lowest BCUT2D eigenvalue weighted by Crippen LogP contribution is -2.14. The Morgan fingerprint density at radius 2 is 1.65 bits per heavy atom. The van der Waals surface area contributed by atoms with Gasteiger partial charge in [0.15, 0.2) is 15.8 Å². The molecule has 0 aliphatic heterocycles. The van der Waals surface area contributed by atoms with Gasteiger partial charge in [0.1, 0.15) is 0 Å². The van der Waals surface area contributed by atoms with Gasteiger partial charge in [-0.1, -0.05) is 58.6 Å². The number of amides is 3. The molecule has 0 aliphatic carbocycles. The van der Waals surface area contributed by atoms with Crippen LogP contribution in [0.2, 0.25) is 0 Å². The van der Waals surface area contributed by atoms with Crippen molar-refractivity contribution in [3.05, 3.63) is 66.4 Å². The number of carbonyl (C=O) groups excluding carboxylic acids is 3. The van der Waals surface area contributed by atoms with Crippen molar-refractivity contribution >= 4 is 57.3 Å². The third kappa shape index (κ3) is 6.27. The summed E-state index contributed by atoms with van der Waals surface area (Å²) < 4.78 is 5.77. The van der Waals surface area contributed by atoms with E-state index in [9.17, 15) is 14.4 Å². The van der Waals surface area contributed by atoms with E-state index in [0.717, 1.165) is 16.9 Å². The van der Waals surface area contributed by atoms with Crippen LogP contribution in [0, 0.1) is 0 Å². The zero-order valence-corrected chi connectivity index (χ0v) is 19.4. The third-order valence-electron chi connectivity index (χ3n) is 4.24. The maximum Gasteiger partial charge on any atom is 0.279 e. The van der Waals surface area contributed by atoms with Gasteiger partial charge in [0.05, 0.1) is 5.75 Å². The molecule has 3 amide bonds. The van der Waals surface area contributed by atoms with E-state index < -0.39 is 5.91 Å². The second-order valence-electron chi connectivity index (χ2n) is 6.87. The van der Waals surface area contributed by atoms with Gasteiger partial charge in [-0.3, -0.25) is 19.7 Å². The summed E-state index contributed by atoms with van der Waals surface area (Å²) in [5, 5.41) is 20.1. The number of anilines is 3. The highest BCUT2D eigenvalue weighted by atomic mass is 32.2. The Morgan fingerprint density at radius 3 is 2.35 bits per heavy atom. The van der Waals surface area contributed by atoms with Crippen LogP contribution in [0.15, 0.2) is 69.5 Å². The van der Waals surface area contributed by atoms with Crippen LogP contribution < -0.4 is 16.0 Å². The summed E-state index contributed by atoms with van der Waals surface area (Å²) in [6.45, 7) is 1.42. The summed E-state index contributed by atoms with van der Waals surface area (Å²) in [5.74, 6) is -0.276. The molecule has 2 aromatic heterocycles. The third-order valence-corrected chi connectivity index (χ3v) is 6.22. The molecule has 0 bridgehead atoms. The van der Waals surface area contributed by atoms with E-state index in [1.807, 2.05) is 30.3 Å². The molecule has 12 heteroatoms. The Balaban J connectivity index is 1.26. The lowest BCUT2D eigenvalue weighted by Gasteiger charge is -2.06. The van der Waals surface area contributed by atoms with Gasteiger partial charge in [-0.2, -0.15) is 0 Å². The van der Waals surface area contributed by atoms with Gasteiger partial charge in [-0.05, 0) is 24.3 Å². The fourth-order valence-corrected chi connectivity index (χ4v) is 4.31. The van der Waals surface area contributed by atoms with E-state index in [0.29, 0.717) is 21.5 Å². The summed E-state index contributed by atoms with van der Waals surface area (Å²) in [4.78, 5) is 35.7. The fraction of sp³-hybridized carbons (Fsp3) is 0.0909. The molecule has 0 fully saturated rings. The van der Waals surface area contributed by atoms with Crippen molar-refractivity contribution in [1.29, 1.82) is 0 Å². The minimum absolute atomic E-state index is 0.111. The standard InChI is InChI=1S/C22H18N6O4S2/c1-13(29)23-15-7-9-16(10-8-15)24-19(30)12-33-22-27-26-21(34-22)25-20(31)17-11-18(32-28-17)14-5-3-2-4-6-14/h2-11H,12H2,1H3,(H,23,29)(H,24,30)(H,25,26,31). The first kappa shape index (κ1) is 23.1. The van der Waals surface area contributed by atoms with E-state index in [4.69, 9.17) is 4.52 Å². The second-order valence-corrected chi connectivity index (χ2v) is 9.07. The van der Waals surface area contributed by atoms with Crippen LogP contribution in [-0.2, 0) is 9.59 Å². The highest BCUT2D eigenvalue weighted by Gasteiger charge is 2.16. The highest BCUT2D eigenvalue weighted by molar-refractivity contribution is 8.01. The van der Waals surface area contributed by atoms with Gasteiger partial charge in [-0.25, -0.2) is 0 Å². The maximum absolute atomic E-state index is 12.4. The molecule has 0 saturated heterocycles. The van der Waals surface area contributed by atoms with Gasteiger partial charge in [0.2, 0.25) is 16.9 Å². The number of hydrogen-bond acceptors (Lipinski definition) is 9. The number of hydrogen-bond donors (Lipinski definition) is 3. The van der Waals surface area contributed by atoms with E-state index in [2.05, 4.69) is 31.3 Å². The Morgan fingerprint density at radius 1 is 0.941 bits per heavy atom. The van der Waals surface area contributed by atoms with Crippen molar-refractivity contribution in [1.82, 2.24) is 15.4 Å². The number of rotatable bonds is 8. The second kappa shape index (κ2) is 10.7. The predicted molar refractivity (Wildman–Crippen MR) is 130 cm³/mol. The molecule has 2 heterocycles. The van der Waals surface area contributed by atoms with Crippen LogP contribution in [0.3, 0.4) is 0 Å². The van der Waals surface area contributed by atoms with Crippen molar-refractivity contribution in [2.24, 2.45) is 0 Å². The molecule has 0 aliphatic rings. The Hall–Kier alpha value is -4.03. The van der Waals surface area contributed by atoms with Crippen LogP contribution in [-0.4, -0.2) is 38.8 Å². The quantitative estimate of drug-likeness (QED) is 0.245. The molecule has 0 unspecified atom stereocenters. The summed E-state index contributed by atoms with van der Waals surface area (Å²) >= 11 is 2.34. The first-order valence-corrected chi connectivity index (χ1v) is 11.7. The van der Waals surface area contributed by atoms with Gasteiger partial charge in [0.25, 0.3) is 5.91 Å². The summed E-state index contributed by atoms with van der Waals surface area (Å²) in [7, 11) is 0. The Bertz CT molecular complexity index is 1300. The maximum atomic E-state index is 12.4. The minimum atomic E-state index is -0.473. The average molecular weight is 495 g/mol. The smallest absolute Gasteiger partial charge is 0.279 e. The van der Waals surface area contributed by atoms with E-state index in [-0.39, 0.29) is 28.4 Å². The summed E-state index contributed by atoms with van der Waals surface area (Å²) in [6.07, 6.45) is 0. The number of nitrogens with zero attached hydrogens (tertiary/aromatic N) is 3. The highest BCUT2D eigenvalue weighted by Crippen LogP contribution is 2.26. The topological polar surface area (TPSA) is 139 Å². The van der Waals surface area contributed by atoms with Crippen molar-refractivity contribution in [2.45, 2.75) is 11.3 Å². The van der Waals surface area contributed by atoms with Gasteiger partial charge >= 0.3 is 0 Å². The van der Waals surface area contributed by atoms with E-state index >= 15 is 0 Å². The lowest BCUT2D eigenvalue weighted by atomic mass is 10.1. The SMILES string of the molecule is CC(=O)Nc1ccc(NC(=O)CSc2nnc(NC(=O)c3cc(-c4ccccc4)on3)s2)cc1. The summed E-state index contributed by atoms with van der Waals surface area (Å²) in [6, 6.07) is 17.6. The molecular weight excluding hydrogens is 476 g/mol. The molecule has 4 aromatic rings. The average Bonchev–Trinajstić information content (AvgIpc) is 3.49. The molecule has 4 rings (SSSR count). The molecule has 172 valence electrons. The number of carbonyl (C=O) groups is 3. The van der Waals surface area contributed by atoms with E-state index in [1.165, 1.54) is 18.7 Å². The zero-order chi connectivity index (χ0) is 23.9. The van der Waals surface area contributed by atoms with Crippen molar-refractivity contribution in [3.8, 4) is 11.3 Å². The molecule has 0 atom stereocenters. The van der Waals surface area contributed by atoms with Crippen molar-refractivity contribution < 1.29 is 18.9 Å². The zero-order valence-electron chi connectivity index (χ0n) is 17.8. The van der Waals surface area contributed by atoms with Crippen LogP contribution >= 0.6 is 23.1 Å². The first-order chi connectivity index (χ1) is 16.5. The van der Waals surface area contributed by atoms with Gasteiger partial charge in [0, 0.05) is 29.9 Å². The monoisotopic (exact) mass is 494 g/mol. The minimum Gasteiger partial charge on any atom is -0.355 e. The first-order valence-electron chi connectivity index (χ1n) is 9.93.